The Morgan fingerprint density at radius 2 is 1.91 bits per heavy atom. The summed E-state index contributed by atoms with van der Waals surface area (Å²) < 4.78 is 5.73. The van der Waals surface area contributed by atoms with Crippen LogP contribution in [0.25, 0.3) is 0 Å². The van der Waals surface area contributed by atoms with Crippen LogP contribution in [0.4, 0.5) is 0 Å². The Morgan fingerprint density at radius 1 is 1.17 bits per heavy atom. The second-order valence-corrected chi connectivity index (χ2v) is 5.87. The molecular formula is C19H22N2O2. The van der Waals surface area contributed by atoms with Gasteiger partial charge >= 0.3 is 0 Å². The third kappa shape index (κ3) is 3.90. The summed E-state index contributed by atoms with van der Waals surface area (Å²) in [4.78, 5) is 12.4. The average Bonchev–Trinajstić information content (AvgIpc) is 2.78. The molecule has 0 saturated heterocycles. The SMILES string of the molecule is NC(CC(=O)NC1CCCOc2ccccc21)c1ccccc1. The summed E-state index contributed by atoms with van der Waals surface area (Å²) in [5.74, 6) is 0.839. The van der Waals surface area contributed by atoms with Gasteiger partial charge in [-0.05, 0) is 24.5 Å². The maximum absolute atomic E-state index is 12.4. The Morgan fingerprint density at radius 3 is 2.74 bits per heavy atom. The maximum Gasteiger partial charge on any atom is 0.222 e. The lowest BCUT2D eigenvalue weighted by atomic mass is 10.0. The maximum atomic E-state index is 12.4. The zero-order valence-electron chi connectivity index (χ0n) is 13.1. The van der Waals surface area contributed by atoms with Crippen molar-refractivity contribution in [2.24, 2.45) is 5.73 Å². The van der Waals surface area contributed by atoms with Gasteiger partial charge in [-0.1, -0.05) is 48.5 Å². The molecule has 0 spiro atoms. The predicted octanol–water partition coefficient (Wildman–Crippen LogP) is 3.11. The van der Waals surface area contributed by atoms with Gasteiger partial charge in [-0.25, -0.2) is 0 Å². The molecule has 4 heteroatoms. The molecule has 0 fully saturated rings. The molecule has 4 nitrogen and oxygen atoms in total. The van der Waals surface area contributed by atoms with Crippen LogP contribution < -0.4 is 15.8 Å². The predicted molar refractivity (Wildman–Crippen MR) is 90.0 cm³/mol. The van der Waals surface area contributed by atoms with E-state index in [0.29, 0.717) is 6.61 Å². The van der Waals surface area contributed by atoms with E-state index in [1.807, 2.05) is 54.6 Å². The molecule has 0 radical (unpaired) electrons. The minimum absolute atomic E-state index is 0.0100. The van der Waals surface area contributed by atoms with Crippen LogP contribution >= 0.6 is 0 Å². The first-order valence-corrected chi connectivity index (χ1v) is 8.05. The van der Waals surface area contributed by atoms with Gasteiger partial charge in [0.1, 0.15) is 5.75 Å². The fourth-order valence-electron chi connectivity index (χ4n) is 2.95. The largest absolute Gasteiger partial charge is 0.493 e. The van der Waals surface area contributed by atoms with E-state index in [2.05, 4.69) is 5.32 Å². The lowest BCUT2D eigenvalue weighted by Crippen LogP contribution is -2.31. The van der Waals surface area contributed by atoms with Gasteiger partial charge in [0.2, 0.25) is 5.91 Å². The highest BCUT2D eigenvalue weighted by atomic mass is 16.5. The number of fused-ring (bicyclic) bond motifs is 1. The van der Waals surface area contributed by atoms with Gasteiger partial charge in [-0.3, -0.25) is 4.79 Å². The van der Waals surface area contributed by atoms with Crippen molar-refractivity contribution in [1.82, 2.24) is 5.32 Å². The quantitative estimate of drug-likeness (QED) is 0.912. The molecule has 1 aliphatic rings. The van der Waals surface area contributed by atoms with Crippen LogP contribution in [-0.4, -0.2) is 12.5 Å². The van der Waals surface area contributed by atoms with Crippen molar-refractivity contribution in [1.29, 1.82) is 0 Å². The summed E-state index contributed by atoms with van der Waals surface area (Å²) in [5.41, 5.74) is 8.17. The molecule has 1 aliphatic heterocycles. The number of hydrogen-bond acceptors (Lipinski definition) is 3. The fraction of sp³-hybridized carbons (Fsp3) is 0.316. The number of para-hydroxylation sites is 1. The first-order chi connectivity index (χ1) is 11.2. The molecule has 0 aliphatic carbocycles. The molecule has 0 bridgehead atoms. The number of benzene rings is 2. The Kier molecular flexibility index (Phi) is 4.93. The molecule has 23 heavy (non-hydrogen) atoms. The summed E-state index contributed by atoms with van der Waals surface area (Å²) >= 11 is 0. The van der Waals surface area contributed by atoms with Crippen LogP contribution in [0, 0.1) is 0 Å². The minimum Gasteiger partial charge on any atom is -0.493 e. The molecular weight excluding hydrogens is 288 g/mol. The molecule has 0 saturated carbocycles. The van der Waals surface area contributed by atoms with Gasteiger partial charge in [-0.2, -0.15) is 0 Å². The lowest BCUT2D eigenvalue weighted by Gasteiger charge is -2.20. The second-order valence-electron chi connectivity index (χ2n) is 5.87. The Labute approximate surface area is 136 Å². The number of amides is 1. The molecule has 3 N–H and O–H groups in total. The van der Waals surface area contributed by atoms with Gasteiger partial charge < -0.3 is 15.8 Å². The molecule has 0 aromatic heterocycles. The molecule has 1 amide bonds. The van der Waals surface area contributed by atoms with Gasteiger partial charge in [0.25, 0.3) is 0 Å². The number of carbonyl (C=O) groups excluding carboxylic acids is 1. The smallest absolute Gasteiger partial charge is 0.222 e. The Bertz CT molecular complexity index is 657. The van der Waals surface area contributed by atoms with E-state index >= 15 is 0 Å². The van der Waals surface area contributed by atoms with Crippen molar-refractivity contribution >= 4 is 5.91 Å². The molecule has 120 valence electrons. The third-order valence-electron chi connectivity index (χ3n) is 4.16. The number of nitrogens with two attached hydrogens (primary N) is 1. The van der Waals surface area contributed by atoms with E-state index in [4.69, 9.17) is 10.5 Å². The number of hydrogen-bond donors (Lipinski definition) is 2. The van der Waals surface area contributed by atoms with Crippen molar-refractivity contribution in [3.05, 3.63) is 65.7 Å². The van der Waals surface area contributed by atoms with E-state index in [9.17, 15) is 4.79 Å². The van der Waals surface area contributed by atoms with Gasteiger partial charge in [0.15, 0.2) is 0 Å². The number of carbonyl (C=O) groups is 1. The highest BCUT2D eigenvalue weighted by Crippen LogP contribution is 2.31. The third-order valence-corrected chi connectivity index (χ3v) is 4.16. The molecule has 2 aromatic rings. The van der Waals surface area contributed by atoms with E-state index in [1.54, 1.807) is 0 Å². The second kappa shape index (κ2) is 7.29. The number of nitrogens with one attached hydrogen (secondary N) is 1. The average molecular weight is 310 g/mol. The van der Waals surface area contributed by atoms with Gasteiger partial charge in [-0.15, -0.1) is 0 Å². The molecule has 1 heterocycles. The van der Waals surface area contributed by atoms with Crippen LogP contribution in [0.2, 0.25) is 0 Å². The molecule has 2 atom stereocenters. The van der Waals surface area contributed by atoms with E-state index in [1.165, 1.54) is 0 Å². The van der Waals surface area contributed by atoms with E-state index in [0.717, 1.165) is 29.7 Å². The Hall–Kier alpha value is -2.33. The van der Waals surface area contributed by atoms with Gasteiger partial charge in [0, 0.05) is 18.0 Å². The summed E-state index contributed by atoms with van der Waals surface area (Å²) in [7, 11) is 0. The van der Waals surface area contributed by atoms with Crippen LogP contribution in [0.15, 0.2) is 54.6 Å². The molecule has 3 rings (SSSR count). The first kappa shape index (κ1) is 15.6. The fourth-order valence-corrected chi connectivity index (χ4v) is 2.95. The minimum atomic E-state index is -0.284. The highest BCUT2D eigenvalue weighted by molar-refractivity contribution is 5.77. The standard InChI is InChI=1S/C19H22N2O2/c20-16(14-7-2-1-3-8-14)13-19(22)21-17-10-6-12-23-18-11-5-4-9-15(17)18/h1-5,7-9,11,16-17H,6,10,12-13,20H2,(H,21,22). The molecule has 2 aromatic carbocycles. The summed E-state index contributed by atoms with van der Waals surface area (Å²) in [6.07, 6.45) is 2.08. The van der Waals surface area contributed by atoms with Crippen molar-refractivity contribution in [3.63, 3.8) is 0 Å². The summed E-state index contributed by atoms with van der Waals surface area (Å²) in [5, 5.41) is 3.12. The normalized spacial score (nSPS) is 18.2. The zero-order valence-corrected chi connectivity index (χ0v) is 13.1. The van der Waals surface area contributed by atoms with E-state index in [-0.39, 0.29) is 24.4 Å². The van der Waals surface area contributed by atoms with E-state index < -0.39 is 0 Å². The van der Waals surface area contributed by atoms with Crippen LogP contribution in [-0.2, 0) is 4.79 Å². The van der Waals surface area contributed by atoms with Crippen molar-refractivity contribution in [2.75, 3.05) is 6.61 Å². The molecule has 2 unspecified atom stereocenters. The van der Waals surface area contributed by atoms with Crippen LogP contribution in [0.5, 0.6) is 5.75 Å². The first-order valence-electron chi connectivity index (χ1n) is 8.05. The van der Waals surface area contributed by atoms with Crippen LogP contribution in [0.3, 0.4) is 0 Å². The Balaban J connectivity index is 1.66. The van der Waals surface area contributed by atoms with Gasteiger partial charge in [0.05, 0.1) is 12.6 Å². The zero-order chi connectivity index (χ0) is 16.1. The van der Waals surface area contributed by atoms with Crippen molar-refractivity contribution in [2.45, 2.75) is 31.3 Å². The topological polar surface area (TPSA) is 64.4 Å². The number of ether oxygens (including phenoxy) is 1. The lowest BCUT2D eigenvalue weighted by molar-refractivity contribution is -0.122. The number of rotatable bonds is 4. The van der Waals surface area contributed by atoms with Crippen molar-refractivity contribution < 1.29 is 9.53 Å². The summed E-state index contributed by atoms with van der Waals surface area (Å²) in [6, 6.07) is 17.3. The van der Waals surface area contributed by atoms with Crippen molar-refractivity contribution in [3.8, 4) is 5.75 Å². The highest BCUT2D eigenvalue weighted by Gasteiger charge is 2.22. The monoisotopic (exact) mass is 310 g/mol. The summed E-state index contributed by atoms with van der Waals surface area (Å²) in [6.45, 7) is 0.687. The van der Waals surface area contributed by atoms with Crippen LogP contribution in [0.1, 0.15) is 42.5 Å².